The van der Waals surface area contributed by atoms with E-state index in [1.165, 1.54) is 33.3 Å². The van der Waals surface area contributed by atoms with Crippen LogP contribution < -0.4 is 14.8 Å². The first-order valence-electron chi connectivity index (χ1n) is 9.94. The van der Waals surface area contributed by atoms with Crippen LogP contribution in [0.5, 0.6) is 11.5 Å². The number of carbonyl (C=O) groups is 2. The van der Waals surface area contributed by atoms with Gasteiger partial charge in [-0.15, -0.1) is 0 Å². The maximum absolute atomic E-state index is 13.3. The van der Waals surface area contributed by atoms with Crippen molar-refractivity contribution in [3.8, 4) is 17.2 Å². The molecule has 1 aromatic heterocycles. The highest BCUT2D eigenvalue weighted by molar-refractivity contribution is 5.98. The standard InChI is InChI=1S/C24H25FN2O5/c1-14-12-20(15(2)27(14)18-8-6-17(25)7-9-18)24(29)32-16(3)23(28)26-21-13-19(30-4)10-11-22(21)31-5/h6-13,16H,1-5H3,(H,26,28). The van der Waals surface area contributed by atoms with E-state index in [-0.39, 0.29) is 5.82 Å². The van der Waals surface area contributed by atoms with Crippen molar-refractivity contribution in [3.05, 3.63) is 71.3 Å². The Bertz CT molecular complexity index is 1140. The summed E-state index contributed by atoms with van der Waals surface area (Å²) in [6, 6.07) is 12.6. The van der Waals surface area contributed by atoms with Crippen molar-refractivity contribution in [3.63, 3.8) is 0 Å². The molecule has 32 heavy (non-hydrogen) atoms. The number of hydrogen-bond acceptors (Lipinski definition) is 5. The molecule has 0 aliphatic carbocycles. The lowest BCUT2D eigenvalue weighted by Crippen LogP contribution is -2.30. The molecule has 1 amide bonds. The molecule has 2 aromatic carbocycles. The van der Waals surface area contributed by atoms with Crippen molar-refractivity contribution in [2.45, 2.75) is 26.9 Å². The Balaban J connectivity index is 1.75. The molecule has 0 saturated carbocycles. The van der Waals surface area contributed by atoms with Crippen LogP contribution in [0.2, 0.25) is 0 Å². The summed E-state index contributed by atoms with van der Waals surface area (Å²) < 4.78 is 30.9. The largest absolute Gasteiger partial charge is 0.497 e. The highest BCUT2D eigenvalue weighted by Gasteiger charge is 2.24. The molecule has 3 aromatic rings. The smallest absolute Gasteiger partial charge is 0.340 e. The third-order valence-corrected chi connectivity index (χ3v) is 5.05. The Hall–Kier alpha value is -3.81. The number of nitrogens with one attached hydrogen (secondary N) is 1. The van der Waals surface area contributed by atoms with E-state index in [9.17, 15) is 14.0 Å². The predicted octanol–water partition coefficient (Wildman–Crippen LogP) is 4.43. The summed E-state index contributed by atoms with van der Waals surface area (Å²) in [5.41, 5.74) is 2.84. The SMILES string of the molecule is COc1ccc(OC)c(NC(=O)C(C)OC(=O)c2cc(C)n(-c3ccc(F)cc3)c2C)c1. The first-order chi connectivity index (χ1) is 15.2. The number of ether oxygens (including phenoxy) is 3. The summed E-state index contributed by atoms with van der Waals surface area (Å²) in [5.74, 6) is -0.508. The number of methoxy groups -OCH3 is 2. The van der Waals surface area contributed by atoms with Crippen LogP contribution >= 0.6 is 0 Å². The van der Waals surface area contributed by atoms with E-state index >= 15 is 0 Å². The maximum Gasteiger partial charge on any atom is 0.340 e. The molecule has 0 bridgehead atoms. The van der Waals surface area contributed by atoms with Gasteiger partial charge in [-0.2, -0.15) is 0 Å². The Morgan fingerprint density at radius 3 is 2.31 bits per heavy atom. The van der Waals surface area contributed by atoms with Crippen molar-refractivity contribution < 1.29 is 28.2 Å². The number of benzene rings is 2. The average Bonchev–Trinajstić information content (AvgIpc) is 3.08. The molecule has 1 heterocycles. The molecule has 0 fully saturated rings. The van der Waals surface area contributed by atoms with Crippen molar-refractivity contribution >= 4 is 17.6 Å². The second-order valence-corrected chi connectivity index (χ2v) is 7.20. The third-order valence-electron chi connectivity index (χ3n) is 5.05. The van der Waals surface area contributed by atoms with Crippen LogP contribution in [-0.2, 0) is 9.53 Å². The lowest BCUT2D eigenvalue weighted by atomic mass is 10.2. The van der Waals surface area contributed by atoms with E-state index in [1.807, 2.05) is 11.5 Å². The fourth-order valence-electron chi connectivity index (χ4n) is 3.38. The van der Waals surface area contributed by atoms with Crippen molar-refractivity contribution in [1.82, 2.24) is 4.57 Å². The van der Waals surface area contributed by atoms with Gasteiger partial charge in [0.1, 0.15) is 17.3 Å². The van der Waals surface area contributed by atoms with E-state index in [4.69, 9.17) is 14.2 Å². The third kappa shape index (κ3) is 4.74. The van der Waals surface area contributed by atoms with Gasteiger partial charge in [0.25, 0.3) is 5.91 Å². The molecule has 1 unspecified atom stereocenters. The molecule has 0 aliphatic heterocycles. The predicted molar refractivity (Wildman–Crippen MR) is 118 cm³/mol. The number of esters is 1. The molecule has 7 nitrogen and oxygen atoms in total. The monoisotopic (exact) mass is 440 g/mol. The Labute approximate surface area is 185 Å². The number of aryl methyl sites for hydroxylation is 1. The summed E-state index contributed by atoms with van der Waals surface area (Å²) in [7, 11) is 3.00. The summed E-state index contributed by atoms with van der Waals surface area (Å²) in [5, 5.41) is 2.69. The number of hydrogen-bond donors (Lipinski definition) is 1. The second-order valence-electron chi connectivity index (χ2n) is 7.20. The molecule has 168 valence electrons. The van der Waals surface area contributed by atoms with Crippen LogP contribution in [0.25, 0.3) is 5.69 Å². The van der Waals surface area contributed by atoms with Gasteiger partial charge in [-0.1, -0.05) is 0 Å². The maximum atomic E-state index is 13.3. The summed E-state index contributed by atoms with van der Waals surface area (Å²) in [6.45, 7) is 5.08. The van der Waals surface area contributed by atoms with Gasteiger partial charge in [0.2, 0.25) is 0 Å². The number of nitrogens with zero attached hydrogens (tertiary/aromatic N) is 1. The lowest BCUT2D eigenvalue weighted by Gasteiger charge is -2.16. The van der Waals surface area contributed by atoms with E-state index in [2.05, 4.69) is 5.32 Å². The quantitative estimate of drug-likeness (QED) is 0.550. The zero-order valence-corrected chi connectivity index (χ0v) is 18.6. The van der Waals surface area contributed by atoms with Gasteiger partial charge < -0.3 is 24.1 Å². The molecule has 8 heteroatoms. The van der Waals surface area contributed by atoms with Crippen molar-refractivity contribution in [2.24, 2.45) is 0 Å². The fraction of sp³-hybridized carbons (Fsp3) is 0.250. The number of carbonyl (C=O) groups excluding carboxylic acids is 2. The Morgan fingerprint density at radius 2 is 1.69 bits per heavy atom. The lowest BCUT2D eigenvalue weighted by molar-refractivity contribution is -0.123. The van der Waals surface area contributed by atoms with E-state index < -0.39 is 18.0 Å². The van der Waals surface area contributed by atoms with Crippen LogP contribution in [0.4, 0.5) is 10.1 Å². The molecule has 0 spiro atoms. The number of aromatic nitrogens is 1. The zero-order chi connectivity index (χ0) is 23.4. The molecule has 0 aliphatic rings. The molecular weight excluding hydrogens is 415 g/mol. The molecule has 0 saturated heterocycles. The highest BCUT2D eigenvalue weighted by atomic mass is 19.1. The molecular formula is C24H25FN2O5. The van der Waals surface area contributed by atoms with E-state index in [1.54, 1.807) is 43.3 Å². The normalized spacial score (nSPS) is 11.6. The van der Waals surface area contributed by atoms with Crippen LogP contribution in [0.3, 0.4) is 0 Å². The molecule has 1 N–H and O–H groups in total. The van der Waals surface area contributed by atoms with Gasteiger partial charge in [-0.25, -0.2) is 9.18 Å². The van der Waals surface area contributed by atoms with Crippen molar-refractivity contribution in [1.29, 1.82) is 0 Å². The van der Waals surface area contributed by atoms with Crippen LogP contribution in [0.1, 0.15) is 28.7 Å². The van der Waals surface area contributed by atoms with Gasteiger partial charge in [-0.05, 0) is 63.2 Å². The summed E-state index contributed by atoms with van der Waals surface area (Å²) in [6.07, 6.45) is -1.06. The van der Waals surface area contributed by atoms with Gasteiger partial charge in [0, 0.05) is 23.1 Å². The Morgan fingerprint density at radius 1 is 1.00 bits per heavy atom. The number of rotatable bonds is 7. The van der Waals surface area contributed by atoms with Gasteiger partial charge >= 0.3 is 5.97 Å². The first kappa shape index (κ1) is 22.9. The highest BCUT2D eigenvalue weighted by Crippen LogP contribution is 2.29. The summed E-state index contributed by atoms with van der Waals surface area (Å²) >= 11 is 0. The molecule has 0 radical (unpaired) electrons. The van der Waals surface area contributed by atoms with Gasteiger partial charge in [0.15, 0.2) is 6.10 Å². The first-order valence-corrected chi connectivity index (χ1v) is 9.94. The van der Waals surface area contributed by atoms with Gasteiger partial charge in [-0.3, -0.25) is 4.79 Å². The second kappa shape index (κ2) is 9.55. The van der Waals surface area contributed by atoms with Crippen LogP contribution in [-0.4, -0.2) is 36.8 Å². The minimum Gasteiger partial charge on any atom is -0.497 e. The summed E-state index contributed by atoms with van der Waals surface area (Å²) in [4.78, 5) is 25.4. The Kier molecular flexibility index (Phi) is 6.82. The van der Waals surface area contributed by atoms with E-state index in [0.29, 0.717) is 28.4 Å². The average molecular weight is 440 g/mol. The minimum absolute atomic E-state index is 0.324. The van der Waals surface area contributed by atoms with E-state index in [0.717, 1.165) is 11.4 Å². The van der Waals surface area contributed by atoms with Crippen molar-refractivity contribution in [2.75, 3.05) is 19.5 Å². The topological polar surface area (TPSA) is 78.8 Å². The number of anilines is 1. The van der Waals surface area contributed by atoms with Crippen LogP contribution in [0, 0.1) is 19.7 Å². The molecule has 3 rings (SSSR count). The zero-order valence-electron chi connectivity index (χ0n) is 18.6. The van der Waals surface area contributed by atoms with Gasteiger partial charge in [0.05, 0.1) is 25.5 Å². The molecule has 1 atom stereocenters. The minimum atomic E-state index is -1.06. The number of halogens is 1. The fourth-order valence-corrected chi connectivity index (χ4v) is 3.38. The number of amides is 1. The van der Waals surface area contributed by atoms with Crippen LogP contribution in [0.15, 0.2) is 48.5 Å².